The molecule has 10 atom stereocenters. The Hall–Kier alpha value is -11.0. The van der Waals surface area contributed by atoms with E-state index in [1.54, 1.807) is 43.3 Å². The number of carbonyl (C=O) groups excluding carboxylic acids is 10. The second-order valence-corrected chi connectivity index (χ2v) is 34.4. The molecule has 4 aromatic heterocycles. The van der Waals surface area contributed by atoms with Gasteiger partial charge < -0.3 is 67.1 Å². The summed E-state index contributed by atoms with van der Waals surface area (Å²) < 4.78 is 42.6. The Morgan fingerprint density at radius 1 is 0.808 bits per heavy atom. The summed E-state index contributed by atoms with van der Waals surface area (Å²) in [6.45, 7) is 13.2. The van der Waals surface area contributed by atoms with Gasteiger partial charge in [-0.15, -0.1) is 23.2 Å². The maximum Gasteiger partial charge on any atom is 0.426 e. The van der Waals surface area contributed by atoms with Crippen LogP contribution in [-0.2, 0) is 72.5 Å². The predicted molar refractivity (Wildman–Crippen MR) is 454 cm³/mol. The molecule has 1 aliphatic carbocycles. The van der Waals surface area contributed by atoms with Crippen LogP contribution in [-0.4, -0.2) is 217 Å². The van der Waals surface area contributed by atoms with Crippen LogP contribution >= 0.6 is 44.8 Å². The fraction of sp³-hybridized carbons (Fsp3) is 0.456. The number of esters is 1. The average molecular weight is 1750 g/mol. The van der Waals surface area contributed by atoms with Gasteiger partial charge in [0.05, 0.1) is 60.5 Å². The van der Waals surface area contributed by atoms with Crippen LogP contribution < -0.4 is 69.6 Å². The summed E-state index contributed by atoms with van der Waals surface area (Å²) in [5.41, 5.74) is 17.8. The number of halogens is 2. The van der Waals surface area contributed by atoms with E-state index in [1.165, 1.54) is 20.2 Å². The topological polar surface area (TPSA) is 534 Å². The Morgan fingerprint density at radius 3 is 2.18 bits per heavy atom. The molecular weight excluding hydrogens is 1660 g/mol. The molecule has 41 heteroatoms. The molecule has 10 rings (SSSR count). The zero-order valence-corrected chi connectivity index (χ0v) is 71.0. The first-order valence-electron chi connectivity index (χ1n) is 38.8. The van der Waals surface area contributed by atoms with E-state index >= 15 is 0 Å². The van der Waals surface area contributed by atoms with Crippen molar-refractivity contribution in [1.29, 1.82) is 0 Å². The molecule has 15 N–H and O–H groups in total. The van der Waals surface area contributed by atoms with Gasteiger partial charge in [0.25, 0.3) is 27.5 Å². The van der Waals surface area contributed by atoms with Crippen molar-refractivity contribution in [1.82, 2.24) is 67.3 Å². The maximum atomic E-state index is 14.8. The third-order valence-electron chi connectivity index (χ3n) is 21.3. The van der Waals surface area contributed by atoms with Crippen molar-refractivity contribution in [2.45, 2.75) is 137 Å². The van der Waals surface area contributed by atoms with Crippen LogP contribution in [0.25, 0.3) is 28.9 Å². The number of allylic oxidation sites excluding steroid dienone is 1. The Bertz CT molecular complexity index is 5340. The van der Waals surface area contributed by atoms with Crippen molar-refractivity contribution in [3.63, 3.8) is 0 Å². The minimum absolute atomic E-state index is 0.00546. The highest BCUT2D eigenvalue weighted by molar-refractivity contribution is 8.76. The minimum Gasteiger partial charge on any atom is -0.480 e. The number of hydrogen-bond acceptors (Lipinski definition) is 26. The smallest absolute Gasteiger partial charge is 0.426 e. The Balaban J connectivity index is 0.754. The van der Waals surface area contributed by atoms with E-state index in [0.29, 0.717) is 104 Å². The number of nitrogens with one attached hydrogen (secondary N) is 11. The van der Waals surface area contributed by atoms with Crippen LogP contribution in [0.1, 0.15) is 138 Å². The molecular formula is C79H96Cl2N18O18S3. The first-order valence-corrected chi connectivity index (χ1v) is 43.9. The fourth-order valence-electron chi connectivity index (χ4n) is 15.0. The SMILES string of the molecule is CC[C@H]1C2Cc3[nH]c4c(c3C)C(=O)C(C(=O)OC)/C4=C3N=C(/C=c4\[nH]/c(c(C(C)=O)c4C)=C\C(=N2)[C@@H]1C)[C@@H](C)[C@@H]/3CCC(=O)NC(Cc1ccc(N(CCCl)CCCl)cc1)C(=O)NNC(=O)OCCSSC[C@H](NC(=O)[C@H](CC(=O)NCCS(=O)(=O)O)NC(=O)CC[C@@H](C)NC(=O)c1ccc(NCc2cnc3nc(N)[nH]c(=O)c3n2)cc1)C(=O)O. The Labute approximate surface area is 707 Å². The van der Waals surface area contributed by atoms with Crippen molar-refractivity contribution in [2.24, 2.45) is 39.6 Å². The number of carboxylic acids is 1. The first kappa shape index (κ1) is 91.3. The third kappa shape index (κ3) is 23.1. The molecule has 2 aromatic carbocycles. The molecule has 4 aliphatic rings. The molecule has 0 radical (unpaired) electrons. The Morgan fingerprint density at radius 2 is 1.51 bits per heavy atom. The van der Waals surface area contributed by atoms with E-state index in [0.717, 1.165) is 45.1 Å². The summed E-state index contributed by atoms with van der Waals surface area (Å²) in [7, 11) is -1.34. The quantitative estimate of drug-likeness (QED) is 0.00380. The number of carbonyl (C=O) groups is 11. The van der Waals surface area contributed by atoms with E-state index < -0.39 is 136 Å². The summed E-state index contributed by atoms with van der Waals surface area (Å²) in [6.07, 6.45) is 4.03. The minimum atomic E-state index is -4.52. The van der Waals surface area contributed by atoms with Crippen LogP contribution in [0.3, 0.4) is 0 Å². The number of Topliss-reactive ketones (excluding diaryl/α,β-unsaturated/α-hetero) is 2. The number of ether oxygens (including phenoxy) is 2. The van der Waals surface area contributed by atoms with Gasteiger partial charge in [-0.1, -0.05) is 60.9 Å². The molecule has 0 spiro atoms. The lowest BCUT2D eigenvalue weighted by Gasteiger charge is -2.24. The zero-order valence-electron chi connectivity index (χ0n) is 67.0. The number of aliphatic carboxylic acids is 1. The highest BCUT2D eigenvalue weighted by Gasteiger charge is 2.49. The van der Waals surface area contributed by atoms with E-state index in [-0.39, 0.29) is 103 Å². The number of nitrogen functional groups attached to an aromatic ring is 1. The molecule has 3 unspecified atom stereocenters. The van der Waals surface area contributed by atoms with Gasteiger partial charge in [-0.3, -0.25) is 72.9 Å². The summed E-state index contributed by atoms with van der Waals surface area (Å²) in [4.78, 5) is 197. The van der Waals surface area contributed by atoms with Crippen LogP contribution in [0, 0.1) is 43.4 Å². The van der Waals surface area contributed by atoms with E-state index in [4.69, 9.17) is 48.4 Å². The number of nitrogens with zero attached hydrogens (tertiary/aromatic N) is 6. The van der Waals surface area contributed by atoms with Gasteiger partial charge in [-0.05, 0) is 112 Å². The number of benzene rings is 2. The number of aliphatic imine (C=N–C) groups is 2. The number of hydrogen-bond donors (Lipinski definition) is 14. The molecule has 642 valence electrons. The van der Waals surface area contributed by atoms with Gasteiger partial charge in [0.1, 0.15) is 30.7 Å². The van der Waals surface area contributed by atoms with Crippen molar-refractivity contribution in [3.05, 3.63) is 132 Å². The molecule has 0 saturated carbocycles. The van der Waals surface area contributed by atoms with E-state index in [2.05, 4.69) is 86.5 Å². The molecule has 7 amide bonds. The molecule has 120 heavy (non-hydrogen) atoms. The number of hydrazine groups is 1. The van der Waals surface area contributed by atoms with Crippen molar-refractivity contribution in [3.8, 4) is 0 Å². The van der Waals surface area contributed by atoms with Gasteiger partial charge in [-0.25, -0.2) is 25.0 Å². The number of methoxy groups -OCH3 is 1. The molecule has 7 heterocycles. The second-order valence-electron chi connectivity index (χ2n) is 29.5. The molecule has 0 saturated heterocycles. The number of fused-ring (bicyclic) bond motifs is 6. The third-order valence-corrected chi connectivity index (χ3v) is 24.7. The van der Waals surface area contributed by atoms with Gasteiger partial charge in [-0.2, -0.15) is 13.4 Å². The number of carboxylic acid groups (broad SMARTS) is 1. The van der Waals surface area contributed by atoms with Crippen molar-refractivity contribution >= 4 is 178 Å². The van der Waals surface area contributed by atoms with Crippen molar-refractivity contribution in [2.75, 3.05) is 78.3 Å². The lowest BCUT2D eigenvalue weighted by molar-refractivity contribution is -0.142. The lowest BCUT2D eigenvalue weighted by atomic mass is 9.83. The highest BCUT2D eigenvalue weighted by Crippen LogP contribution is 2.49. The van der Waals surface area contributed by atoms with Gasteiger partial charge in [0.15, 0.2) is 22.7 Å². The summed E-state index contributed by atoms with van der Waals surface area (Å²) in [6, 6.07) is 8.01. The zero-order chi connectivity index (χ0) is 87.0. The highest BCUT2D eigenvalue weighted by atomic mass is 35.5. The number of aromatic amines is 3. The molecule has 36 nitrogen and oxygen atoms in total. The van der Waals surface area contributed by atoms with Crippen LogP contribution in [0.5, 0.6) is 0 Å². The van der Waals surface area contributed by atoms with Crippen molar-refractivity contribution < 1.29 is 80.3 Å². The Kier molecular flexibility index (Phi) is 31.4. The van der Waals surface area contributed by atoms with Gasteiger partial charge >= 0.3 is 18.0 Å². The van der Waals surface area contributed by atoms with Gasteiger partial charge in [0.2, 0.25) is 29.6 Å². The summed E-state index contributed by atoms with van der Waals surface area (Å²) in [5, 5.41) is 27.1. The first-order chi connectivity index (χ1) is 57.2. The average Bonchev–Trinajstić information content (AvgIpc) is 1.56. The molecule has 0 fully saturated rings. The standard InChI is InChI=1S/C79H96Cl2N18O18S3/c1-9-49-39(3)51-33-56-63(43(7)100)41(5)53(89-56)31-52-40(4)50(67(92-52)65-66(77(111)116-8)70(104)64-42(6)54(93-68(64)65)32-55(49)88-51)19-21-61(102)90-57(30-44-11-17-48(18-12-44)99(25-22-80)26-23-81)74(107)97-98-79(112)117-27-28-118-119-37-59(76(109)110)94-73(106)58(34-62(103)83-24-29-120(113,114)115)91-60(101)20-10-38(2)86-72(105)45-13-15-46(16-14-45)84-35-47-36-85-71-69(87-47)75(108)96-78(82)95-71/h11-18,31,33,36,38-40,49-50,55,57-59,66,84,89,93H,9-10,19-30,32,34-35,37H2,1-8H3,(H,83,103)(H,86,105)(H,90,102)(H,91,101)(H,94,106)(H,97,107)(H,98,112)(H,109,110)(H,113,114,115)(H3,82,85,95,96,108)/b53-31-,56-33-,67-65-/t38-,39-,40+,49-,50+,55?,57?,58+,59+,66?/m1/s1. The predicted octanol–water partition coefficient (Wildman–Crippen LogP) is 4.07. The number of alkyl halides is 2. The van der Waals surface area contributed by atoms with Gasteiger partial charge in [0, 0.05) is 148 Å². The summed E-state index contributed by atoms with van der Waals surface area (Å²) >= 11 is 12.2. The largest absolute Gasteiger partial charge is 0.480 e. The number of amides is 7. The summed E-state index contributed by atoms with van der Waals surface area (Å²) in [5.74, 6) is -10.7. The number of H-pyrrole nitrogens is 3. The van der Waals surface area contributed by atoms with Crippen LogP contribution in [0.4, 0.5) is 22.1 Å². The van der Waals surface area contributed by atoms with Crippen LogP contribution in [0.15, 0.2) is 75.2 Å². The van der Waals surface area contributed by atoms with E-state index in [9.17, 15) is 75.6 Å². The number of aromatic nitrogens is 6. The number of nitrogens with two attached hydrogens (primary N) is 1. The van der Waals surface area contributed by atoms with E-state index in [1.807, 2.05) is 50.0 Å². The molecule has 8 bridgehead atoms. The molecule has 6 aromatic rings. The fourth-order valence-corrected chi connectivity index (χ4v) is 17.7. The normalized spacial score (nSPS) is 19.3. The number of rotatable bonds is 38. The molecule has 3 aliphatic heterocycles. The monoisotopic (exact) mass is 1750 g/mol. The second kappa shape index (κ2) is 41.3. The van der Waals surface area contributed by atoms with Crippen LogP contribution in [0.2, 0.25) is 0 Å². The number of anilines is 3. The number of ketones is 2. The lowest BCUT2D eigenvalue weighted by Crippen LogP contribution is -2.53. The maximum absolute atomic E-state index is 14.8.